The topological polar surface area (TPSA) is 39.1 Å². The minimum Gasteiger partial charge on any atom is -0.340 e. The molecule has 0 saturated carbocycles. The third kappa shape index (κ3) is 2.67. The number of aryl methyl sites for hydroxylation is 1. The molecule has 0 radical (unpaired) electrons. The van der Waals surface area contributed by atoms with E-state index in [-0.39, 0.29) is 5.43 Å². The summed E-state index contributed by atoms with van der Waals surface area (Å²) in [6.45, 7) is 0.861. The van der Waals surface area contributed by atoms with Gasteiger partial charge in [-0.1, -0.05) is 30.7 Å². The van der Waals surface area contributed by atoms with Gasteiger partial charge in [0, 0.05) is 23.7 Å². The summed E-state index contributed by atoms with van der Waals surface area (Å²) in [5, 5.41) is 1.54. The van der Waals surface area contributed by atoms with Gasteiger partial charge in [-0.15, -0.1) is 0 Å². The van der Waals surface area contributed by atoms with Crippen molar-refractivity contribution in [2.24, 2.45) is 0 Å². The molecule has 0 amide bonds. The molecule has 0 spiro atoms. The van der Waals surface area contributed by atoms with E-state index in [4.69, 9.17) is 0 Å². The summed E-state index contributed by atoms with van der Waals surface area (Å²) < 4.78 is 2.23. The fourth-order valence-electron chi connectivity index (χ4n) is 2.99. The van der Waals surface area contributed by atoms with Crippen LogP contribution in [0.3, 0.4) is 0 Å². The largest absolute Gasteiger partial charge is 0.340 e. The van der Waals surface area contributed by atoms with Crippen molar-refractivity contribution in [2.75, 3.05) is 0 Å². The third-order valence-corrected chi connectivity index (χ3v) is 4.08. The van der Waals surface area contributed by atoms with E-state index in [1.165, 1.54) is 0 Å². The van der Waals surface area contributed by atoms with Crippen LogP contribution in [0.2, 0.25) is 0 Å². The molecule has 0 fully saturated rings. The molecule has 0 aliphatic carbocycles. The third-order valence-electron chi connectivity index (χ3n) is 4.08. The van der Waals surface area contributed by atoms with E-state index >= 15 is 0 Å². The predicted octanol–water partition coefficient (Wildman–Crippen LogP) is 3.91. The summed E-state index contributed by atoms with van der Waals surface area (Å²) in [5.74, 6) is 0. The highest BCUT2D eigenvalue weighted by Gasteiger charge is 2.09. The summed E-state index contributed by atoms with van der Waals surface area (Å²) in [4.78, 5) is 23.0. The van der Waals surface area contributed by atoms with E-state index in [1.807, 2.05) is 48.5 Å². The van der Waals surface area contributed by atoms with Gasteiger partial charge in [0.15, 0.2) is 5.43 Å². The minimum atomic E-state index is 0.100. The summed E-state index contributed by atoms with van der Waals surface area (Å²) in [5.41, 5.74) is 2.08. The summed E-state index contributed by atoms with van der Waals surface area (Å²) in [6.07, 6.45) is 4.56. The van der Waals surface area contributed by atoms with Crippen LogP contribution in [0.4, 0.5) is 0 Å². The molecule has 2 aromatic carbocycles. The van der Waals surface area contributed by atoms with Crippen molar-refractivity contribution >= 4 is 28.1 Å². The van der Waals surface area contributed by atoms with Gasteiger partial charge in [-0.3, -0.25) is 4.79 Å². The standard InChI is InChI=1S/C19H19NO2/c21-14-8-2-1-7-13-20-17-11-5-3-9-15(17)19(22)16-10-4-6-12-18(16)20/h3-6,9-12,14H,1-2,7-8,13H2. The van der Waals surface area contributed by atoms with E-state index in [1.54, 1.807) is 0 Å². The van der Waals surface area contributed by atoms with Gasteiger partial charge in [-0.25, -0.2) is 0 Å². The van der Waals surface area contributed by atoms with E-state index in [9.17, 15) is 9.59 Å². The molecule has 0 saturated heterocycles. The highest BCUT2D eigenvalue weighted by atomic mass is 16.1. The number of aldehydes is 1. The van der Waals surface area contributed by atoms with Gasteiger partial charge in [0.2, 0.25) is 0 Å². The van der Waals surface area contributed by atoms with Crippen LogP contribution in [0.25, 0.3) is 21.8 Å². The highest BCUT2D eigenvalue weighted by molar-refractivity contribution is 5.93. The molecule has 1 aromatic heterocycles. The Morgan fingerprint density at radius 1 is 0.818 bits per heavy atom. The summed E-state index contributed by atoms with van der Waals surface area (Å²) >= 11 is 0. The minimum absolute atomic E-state index is 0.100. The second-order valence-corrected chi connectivity index (χ2v) is 5.53. The molecule has 0 aliphatic rings. The van der Waals surface area contributed by atoms with Crippen molar-refractivity contribution in [3.63, 3.8) is 0 Å². The molecule has 112 valence electrons. The number of rotatable bonds is 6. The number of carbonyl (C=O) groups is 1. The molecule has 0 aliphatic heterocycles. The zero-order valence-corrected chi connectivity index (χ0v) is 12.5. The molecule has 22 heavy (non-hydrogen) atoms. The molecule has 0 atom stereocenters. The second-order valence-electron chi connectivity index (χ2n) is 5.53. The van der Waals surface area contributed by atoms with Crippen LogP contribution < -0.4 is 5.43 Å². The zero-order chi connectivity index (χ0) is 15.4. The van der Waals surface area contributed by atoms with Crippen molar-refractivity contribution in [1.29, 1.82) is 0 Å². The molecular weight excluding hydrogens is 274 g/mol. The number of unbranched alkanes of at least 4 members (excludes halogenated alkanes) is 3. The van der Waals surface area contributed by atoms with E-state index in [0.29, 0.717) is 6.42 Å². The zero-order valence-electron chi connectivity index (χ0n) is 12.5. The maximum atomic E-state index is 12.6. The van der Waals surface area contributed by atoms with E-state index < -0.39 is 0 Å². The van der Waals surface area contributed by atoms with Crippen LogP contribution in [0.5, 0.6) is 0 Å². The first kappa shape index (κ1) is 14.5. The van der Waals surface area contributed by atoms with Crippen LogP contribution in [0.1, 0.15) is 25.7 Å². The average Bonchev–Trinajstić information content (AvgIpc) is 2.57. The average molecular weight is 293 g/mol. The maximum Gasteiger partial charge on any atom is 0.197 e. The smallest absolute Gasteiger partial charge is 0.197 e. The van der Waals surface area contributed by atoms with Crippen LogP contribution in [-0.4, -0.2) is 10.9 Å². The van der Waals surface area contributed by atoms with Gasteiger partial charge >= 0.3 is 0 Å². The van der Waals surface area contributed by atoms with Crippen molar-refractivity contribution in [3.8, 4) is 0 Å². The van der Waals surface area contributed by atoms with Gasteiger partial charge in [0.1, 0.15) is 6.29 Å². The Balaban J connectivity index is 2.07. The number of nitrogens with zero attached hydrogens (tertiary/aromatic N) is 1. The highest BCUT2D eigenvalue weighted by Crippen LogP contribution is 2.20. The van der Waals surface area contributed by atoms with Crippen molar-refractivity contribution in [2.45, 2.75) is 32.2 Å². The normalized spacial score (nSPS) is 11.1. The molecule has 0 N–H and O–H groups in total. The van der Waals surface area contributed by atoms with Crippen LogP contribution >= 0.6 is 0 Å². The monoisotopic (exact) mass is 293 g/mol. The number of aromatic nitrogens is 1. The fraction of sp³-hybridized carbons (Fsp3) is 0.263. The SMILES string of the molecule is O=CCCCCCn1c2ccccc2c(=O)c2ccccc21. The fourth-order valence-corrected chi connectivity index (χ4v) is 2.99. The first-order valence-corrected chi connectivity index (χ1v) is 7.77. The Morgan fingerprint density at radius 3 is 2.00 bits per heavy atom. The Labute approximate surface area is 129 Å². The lowest BCUT2D eigenvalue weighted by atomic mass is 10.1. The lowest BCUT2D eigenvalue weighted by molar-refractivity contribution is -0.107. The lowest BCUT2D eigenvalue weighted by Gasteiger charge is -2.15. The van der Waals surface area contributed by atoms with Crippen LogP contribution in [0.15, 0.2) is 53.3 Å². The van der Waals surface area contributed by atoms with Crippen molar-refractivity contribution in [1.82, 2.24) is 4.57 Å². The van der Waals surface area contributed by atoms with Crippen molar-refractivity contribution < 1.29 is 4.79 Å². The van der Waals surface area contributed by atoms with Gasteiger partial charge in [-0.2, -0.15) is 0 Å². The van der Waals surface area contributed by atoms with E-state index in [2.05, 4.69) is 4.57 Å². The number of hydrogen-bond acceptors (Lipinski definition) is 2. The number of fused-ring (bicyclic) bond motifs is 2. The number of benzene rings is 2. The van der Waals surface area contributed by atoms with Crippen LogP contribution in [-0.2, 0) is 11.3 Å². The van der Waals surface area contributed by atoms with Crippen LogP contribution in [0, 0.1) is 0 Å². The number of carbonyl (C=O) groups excluding carboxylic acids is 1. The molecule has 0 bridgehead atoms. The number of pyridine rings is 1. The molecular formula is C19H19NO2. The Kier molecular flexibility index (Phi) is 4.33. The van der Waals surface area contributed by atoms with Gasteiger partial charge in [-0.05, 0) is 37.1 Å². The Morgan fingerprint density at radius 2 is 1.41 bits per heavy atom. The maximum absolute atomic E-state index is 12.6. The molecule has 3 heteroatoms. The van der Waals surface area contributed by atoms with E-state index in [0.717, 1.165) is 53.9 Å². The second kappa shape index (κ2) is 6.56. The van der Waals surface area contributed by atoms with Gasteiger partial charge in [0.25, 0.3) is 0 Å². The molecule has 3 rings (SSSR count). The summed E-state index contributed by atoms with van der Waals surface area (Å²) in [7, 11) is 0. The lowest BCUT2D eigenvalue weighted by Crippen LogP contribution is -2.11. The molecule has 0 unspecified atom stereocenters. The molecule has 1 heterocycles. The number of hydrogen-bond donors (Lipinski definition) is 0. The number of para-hydroxylation sites is 2. The molecule has 3 nitrogen and oxygen atoms in total. The summed E-state index contributed by atoms with van der Waals surface area (Å²) in [6, 6.07) is 15.6. The Hall–Kier alpha value is -2.42. The van der Waals surface area contributed by atoms with Crippen molar-refractivity contribution in [3.05, 3.63) is 58.8 Å². The molecule has 3 aromatic rings. The van der Waals surface area contributed by atoms with Gasteiger partial charge < -0.3 is 9.36 Å². The quantitative estimate of drug-likeness (QED) is 0.392. The first-order valence-electron chi connectivity index (χ1n) is 7.77. The predicted molar refractivity (Wildman–Crippen MR) is 90.2 cm³/mol. The Bertz CT molecular complexity index is 804. The van der Waals surface area contributed by atoms with Gasteiger partial charge in [0.05, 0.1) is 11.0 Å². The first-order chi connectivity index (χ1) is 10.8.